The summed E-state index contributed by atoms with van der Waals surface area (Å²) in [5.74, 6) is -1.05. The summed E-state index contributed by atoms with van der Waals surface area (Å²) in [5.41, 5.74) is 0. The molecule has 0 amide bonds. The van der Waals surface area contributed by atoms with Gasteiger partial charge in [-0.2, -0.15) is 0 Å². The number of hydrogen-bond acceptors (Lipinski definition) is 6. The third kappa shape index (κ3) is 48.7. The predicted octanol–water partition coefficient (Wildman–Crippen LogP) is 16.5. The van der Waals surface area contributed by atoms with Crippen LogP contribution in [-0.4, -0.2) is 37.2 Å². The first-order valence-corrected chi connectivity index (χ1v) is 25.1. The minimum Gasteiger partial charge on any atom is -0.462 e. The molecule has 0 rings (SSSR count). The van der Waals surface area contributed by atoms with Crippen LogP contribution in [0.5, 0.6) is 0 Å². The van der Waals surface area contributed by atoms with Crippen LogP contribution in [0.25, 0.3) is 0 Å². The summed E-state index contributed by atoms with van der Waals surface area (Å²) < 4.78 is 16.7. The molecule has 0 N–H and O–H groups in total. The molecule has 0 saturated carbocycles. The summed E-state index contributed by atoms with van der Waals surface area (Å²) in [4.78, 5) is 37.9. The van der Waals surface area contributed by atoms with Gasteiger partial charge in [-0.25, -0.2) is 0 Å². The highest BCUT2D eigenvalue weighted by molar-refractivity contribution is 5.71. The van der Waals surface area contributed by atoms with Crippen molar-refractivity contribution in [1.82, 2.24) is 0 Å². The fraction of sp³-hybridized carbons (Fsp3) is 0.596. The van der Waals surface area contributed by atoms with Crippen LogP contribution in [0.1, 0.15) is 201 Å². The van der Waals surface area contributed by atoms with Crippen LogP contribution in [0.2, 0.25) is 0 Å². The zero-order valence-electron chi connectivity index (χ0n) is 40.3. The lowest BCUT2D eigenvalue weighted by Gasteiger charge is -2.18. The molecule has 0 aliphatic carbocycles. The monoisotopic (exact) mass is 871 g/mol. The Morgan fingerprint density at radius 3 is 1.25 bits per heavy atom. The van der Waals surface area contributed by atoms with Gasteiger partial charge in [-0.3, -0.25) is 14.4 Å². The Hall–Kier alpha value is -4.19. The van der Waals surface area contributed by atoms with Crippen LogP contribution in [0.15, 0.2) is 122 Å². The summed E-state index contributed by atoms with van der Waals surface area (Å²) in [5, 5.41) is 0. The molecule has 0 aromatic carbocycles. The Bertz CT molecular complexity index is 1370. The highest BCUT2D eigenvalue weighted by Gasteiger charge is 2.19. The molecular weight excluding hydrogens is 781 g/mol. The van der Waals surface area contributed by atoms with E-state index >= 15 is 0 Å². The molecule has 0 spiro atoms. The van der Waals surface area contributed by atoms with E-state index in [1.807, 2.05) is 54.7 Å². The normalized spacial score (nSPS) is 13.1. The second-order valence-corrected chi connectivity index (χ2v) is 16.1. The molecule has 6 nitrogen and oxygen atoms in total. The second kappa shape index (κ2) is 50.5. The number of carbonyl (C=O) groups is 3. The maximum atomic E-state index is 12.8. The standard InChI is InChI=1S/C57H90O6/c1-4-7-10-13-16-19-22-25-27-29-32-35-38-41-44-47-50-56(59)62-53-54(52-61-55(58)49-46-43-40-37-34-31-24-21-18-15-12-9-6-3)63-57(60)51-48-45-42-39-36-33-30-28-26-23-20-17-14-11-8-5-2/h7,9-10,12,15-16,18-19,21,24-25,27-28,30-31,33-34,36-37,40,54H,4-6,8,11,13-14,17,20,22-23,26,29,32,35,38-39,41-53H2,1-3H3/b10-7-,12-9-,18-15-,19-16-,24-21-,27-25-,30-28-,34-31-,36-33-,40-37-. The van der Waals surface area contributed by atoms with E-state index in [0.29, 0.717) is 19.3 Å². The number of esters is 3. The van der Waals surface area contributed by atoms with E-state index in [1.165, 1.54) is 57.8 Å². The maximum absolute atomic E-state index is 12.8. The molecule has 0 saturated heterocycles. The van der Waals surface area contributed by atoms with Gasteiger partial charge in [-0.15, -0.1) is 0 Å². The van der Waals surface area contributed by atoms with Crippen LogP contribution in [-0.2, 0) is 28.6 Å². The lowest BCUT2D eigenvalue weighted by atomic mass is 10.1. The molecule has 354 valence electrons. The summed E-state index contributed by atoms with van der Waals surface area (Å²) in [6.07, 6.45) is 69.0. The predicted molar refractivity (Wildman–Crippen MR) is 269 cm³/mol. The lowest BCUT2D eigenvalue weighted by Crippen LogP contribution is -2.30. The fourth-order valence-electron chi connectivity index (χ4n) is 6.36. The van der Waals surface area contributed by atoms with Crippen molar-refractivity contribution in [3.05, 3.63) is 122 Å². The summed E-state index contributed by atoms with van der Waals surface area (Å²) in [7, 11) is 0. The van der Waals surface area contributed by atoms with Crippen LogP contribution >= 0.6 is 0 Å². The molecule has 0 aliphatic heterocycles. The van der Waals surface area contributed by atoms with E-state index in [0.717, 1.165) is 89.9 Å². The third-order valence-electron chi connectivity index (χ3n) is 10.1. The van der Waals surface area contributed by atoms with Gasteiger partial charge in [0.1, 0.15) is 13.2 Å². The van der Waals surface area contributed by atoms with Gasteiger partial charge < -0.3 is 14.2 Å². The molecule has 0 aromatic rings. The summed E-state index contributed by atoms with van der Waals surface area (Å²) >= 11 is 0. The van der Waals surface area contributed by atoms with Crippen LogP contribution in [0, 0.1) is 0 Å². The van der Waals surface area contributed by atoms with Gasteiger partial charge in [0.15, 0.2) is 6.10 Å². The zero-order chi connectivity index (χ0) is 45.8. The van der Waals surface area contributed by atoms with E-state index in [1.54, 1.807) is 0 Å². The van der Waals surface area contributed by atoms with Gasteiger partial charge in [0.2, 0.25) is 0 Å². The SMILES string of the molecule is CC\C=C/C=C\C=C/C=C\C=C/CCCC(=O)OCC(COC(=O)CCCCCCCC/C=C\C/C=C\C/C=C\CC)OC(=O)CCCCC/C=C\C=C/CCCCCCCCC. The van der Waals surface area contributed by atoms with Crippen molar-refractivity contribution in [1.29, 1.82) is 0 Å². The molecule has 0 fully saturated rings. The van der Waals surface area contributed by atoms with Gasteiger partial charge in [0, 0.05) is 19.3 Å². The van der Waals surface area contributed by atoms with Gasteiger partial charge in [-0.1, -0.05) is 213 Å². The topological polar surface area (TPSA) is 78.9 Å². The van der Waals surface area contributed by atoms with Crippen LogP contribution < -0.4 is 0 Å². The number of ether oxygens (including phenoxy) is 3. The number of unbranched alkanes of at least 4 members (excludes halogenated alkanes) is 17. The molecule has 0 heterocycles. The first-order chi connectivity index (χ1) is 31.0. The highest BCUT2D eigenvalue weighted by Crippen LogP contribution is 2.12. The minimum absolute atomic E-state index is 0.122. The molecule has 1 unspecified atom stereocenters. The van der Waals surface area contributed by atoms with Crippen molar-refractivity contribution in [2.45, 2.75) is 207 Å². The second-order valence-electron chi connectivity index (χ2n) is 16.1. The van der Waals surface area contributed by atoms with Crippen molar-refractivity contribution in [3.63, 3.8) is 0 Å². The third-order valence-corrected chi connectivity index (χ3v) is 10.1. The molecule has 0 radical (unpaired) electrons. The van der Waals surface area contributed by atoms with Gasteiger partial charge in [0.05, 0.1) is 0 Å². The number of allylic oxidation sites excluding steroid dienone is 20. The Morgan fingerprint density at radius 1 is 0.349 bits per heavy atom. The van der Waals surface area contributed by atoms with Gasteiger partial charge >= 0.3 is 17.9 Å². The highest BCUT2D eigenvalue weighted by atomic mass is 16.6. The van der Waals surface area contributed by atoms with E-state index in [9.17, 15) is 14.4 Å². The number of rotatable bonds is 43. The van der Waals surface area contributed by atoms with Crippen LogP contribution in [0.4, 0.5) is 0 Å². The van der Waals surface area contributed by atoms with E-state index in [2.05, 4.69) is 87.6 Å². The number of carbonyl (C=O) groups excluding carboxylic acids is 3. The Kier molecular flexibility index (Phi) is 47.1. The van der Waals surface area contributed by atoms with Crippen molar-refractivity contribution in [2.75, 3.05) is 13.2 Å². The van der Waals surface area contributed by atoms with Crippen LogP contribution in [0.3, 0.4) is 0 Å². The van der Waals surface area contributed by atoms with Crippen molar-refractivity contribution in [2.24, 2.45) is 0 Å². The van der Waals surface area contributed by atoms with Gasteiger partial charge in [0.25, 0.3) is 0 Å². The largest absolute Gasteiger partial charge is 0.462 e. The average molecular weight is 871 g/mol. The lowest BCUT2D eigenvalue weighted by molar-refractivity contribution is -0.167. The Morgan fingerprint density at radius 2 is 0.714 bits per heavy atom. The molecule has 0 aliphatic rings. The molecule has 0 aromatic heterocycles. The molecule has 63 heavy (non-hydrogen) atoms. The molecule has 0 bridgehead atoms. The molecule has 6 heteroatoms. The summed E-state index contributed by atoms with van der Waals surface area (Å²) in [6.45, 7) is 6.26. The van der Waals surface area contributed by atoms with E-state index in [4.69, 9.17) is 14.2 Å². The average Bonchev–Trinajstić information content (AvgIpc) is 3.28. The quantitative estimate of drug-likeness (QED) is 0.0200. The zero-order valence-corrected chi connectivity index (χ0v) is 40.3. The minimum atomic E-state index is -0.829. The van der Waals surface area contributed by atoms with Crippen molar-refractivity contribution in [3.8, 4) is 0 Å². The van der Waals surface area contributed by atoms with Crippen molar-refractivity contribution >= 4 is 17.9 Å². The Balaban J connectivity index is 4.57. The smallest absolute Gasteiger partial charge is 0.306 e. The molecule has 1 atom stereocenters. The summed E-state index contributed by atoms with van der Waals surface area (Å²) in [6, 6.07) is 0. The first-order valence-electron chi connectivity index (χ1n) is 25.1. The number of hydrogen-bond donors (Lipinski definition) is 0. The van der Waals surface area contributed by atoms with E-state index < -0.39 is 6.10 Å². The van der Waals surface area contributed by atoms with Gasteiger partial charge in [-0.05, 0) is 89.9 Å². The maximum Gasteiger partial charge on any atom is 0.306 e. The van der Waals surface area contributed by atoms with Crippen molar-refractivity contribution < 1.29 is 28.6 Å². The fourth-order valence-corrected chi connectivity index (χ4v) is 6.36. The first kappa shape index (κ1) is 58.8. The molecular formula is C57H90O6. The Labute approximate surface area is 386 Å². The van der Waals surface area contributed by atoms with E-state index in [-0.39, 0.29) is 44.0 Å².